The van der Waals surface area contributed by atoms with Gasteiger partial charge in [-0.25, -0.2) is 4.98 Å². The van der Waals surface area contributed by atoms with Gasteiger partial charge >= 0.3 is 0 Å². The smallest absolute Gasteiger partial charge is 0.277 e. The van der Waals surface area contributed by atoms with E-state index in [1.807, 2.05) is 9.95 Å². The number of nitrogens with two attached hydrogens (primary N) is 1. The van der Waals surface area contributed by atoms with Gasteiger partial charge in [-0.3, -0.25) is 14.2 Å². The molecule has 1 aliphatic heterocycles. The number of piperidine rings is 1. The fourth-order valence-electron chi connectivity index (χ4n) is 3.70. The molecule has 0 aliphatic carbocycles. The van der Waals surface area contributed by atoms with Crippen molar-refractivity contribution in [3.05, 3.63) is 45.0 Å². The molecule has 1 fully saturated rings. The lowest BCUT2D eigenvalue weighted by atomic mass is 10.1. The number of Topliss-reactive ketones (excluding diaryl/α,β-unsaturated/α-hetero) is 1. The number of pyridine rings is 1. The molecule has 0 radical (unpaired) electrons. The van der Waals surface area contributed by atoms with Gasteiger partial charge in [0.05, 0.1) is 18.6 Å². The van der Waals surface area contributed by atoms with Gasteiger partial charge in [0, 0.05) is 36.3 Å². The average molecular weight is 410 g/mol. The van der Waals surface area contributed by atoms with Crippen LogP contribution in [0, 0.1) is 11.8 Å². The zero-order valence-electron chi connectivity index (χ0n) is 16.3. The number of rotatable bonds is 5. The molecule has 1 aliphatic rings. The van der Waals surface area contributed by atoms with E-state index in [9.17, 15) is 9.59 Å². The zero-order valence-corrected chi connectivity index (χ0v) is 17.1. The minimum absolute atomic E-state index is 0.0000642. The van der Waals surface area contributed by atoms with Crippen molar-refractivity contribution in [2.24, 2.45) is 5.73 Å². The number of fused-ring (bicyclic) bond motifs is 1. The van der Waals surface area contributed by atoms with Crippen molar-refractivity contribution in [2.45, 2.75) is 38.9 Å². The number of carbonyl (C=O) groups is 1. The maximum absolute atomic E-state index is 13.2. The van der Waals surface area contributed by atoms with Gasteiger partial charge in [-0.15, -0.1) is 5.92 Å². The minimum atomic E-state index is -0.232. The molecule has 0 saturated carbocycles. The Morgan fingerprint density at radius 3 is 3.00 bits per heavy atom. The van der Waals surface area contributed by atoms with Gasteiger partial charge in [0.1, 0.15) is 5.52 Å². The van der Waals surface area contributed by atoms with Gasteiger partial charge in [-0.1, -0.05) is 5.92 Å². The Kier molecular flexibility index (Phi) is 5.51. The summed E-state index contributed by atoms with van der Waals surface area (Å²) < 4.78 is 3.31. The van der Waals surface area contributed by atoms with Crippen LogP contribution in [0.1, 0.15) is 30.1 Å². The molecule has 0 amide bonds. The summed E-state index contributed by atoms with van der Waals surface area (Å²) in [6, 6.07) is 3.66. The number of thiophene rings is 1. The molecule has 2 N–H and O–H groups in total. The van der Waals surface area contributed by atoms with Gasteiger partial charge in [0.25, 0.3) is 5.56 Å². The largest absolute Gasteiger partial charge is 0.341 e. The molecule has 8 heteroatoms. The molecule has 1 atom stereocenters. The summed E-state index contributed by atoms with van der Waals surface area (Å²) in [5.41, 5.74) is 7.63. The van der Waals surface area contributed by atoms with E-state index < -0.39 is 0 Å². The lowest BCUT2D eigenvalue weighted by Crippen LogP contribution is -2.44. The van der Waals surface area contributed by atoms with E-state index in [0.29, 0.717) is 29.7 Å². The molecule has 1 saturated heterocycles. The second kappa shape index (κ2) is 8.23. The van der Waals surface area contributed by atoms with Crippen LogP contribution in [0.15, 0.2) is 33.9 Å². The van der Waals surface area contributed by atoms with E-state index in [4.69, 9.17) is 10.7 Å². The van der Waals surface area contributed by atoms with Crippen molar-refractivity contribution in [2.75, 3.05) is 18.0 Å². The highest BCUT2D eigenvalue weighted by Crippen LogP contribution is 2.23. The topological polar surface area (TPSA) is 86.2 Å². The predicted molar refractivity (Wildman–Crippen MR) is 116 cm³/mol. The van der Waals surface area contributed by atoms with Crippen molar-refractivity contribution < 1.29 is 4.79 Å². The second-order valence-corrected chi connectivity index (χ2v) is 7.97. The van der Waals surface area contributed by atoms with Gasteiger partial charge < -0.3 is 15.2 Å². The first kappa shape index (κ1) is 19.4. The number of imidazole rings is 1. The quantitative estimate of drug-likeness (QED) is 0.515. The number of anilines is 1. The van der Waals surface area contributed by atoms with Gasteiger partial charge in [-0.05, 0) is 37.3 Å². The van der Waals surface area contributed by atoms with Gasteiger partial charge in [0.15, 0.2) is 5.78 Å². The van der Waals surface area contributed by atoms with Gasteiger partial charge in [-0.2, -0.15) is 11.3 Å². The third kappa shape index (κ3) is 3.84. The Morgan fingerprint density at radius 1 is 1.41 bits per heavy atom. The number of carbonyl (C=O) groups excluding carboxylic acids is 1. The van der Waals surface area contributed by atoms with Crippen LogP contribution in [-0.4, -0.2) is 39.0 Å². The first-order chi connectivity index (χ1) is 14.1. The maximum Gasteiger partial charge on any atom is 0.277 e. The summed E-state index contributed by atoms with van der Waals surface area (Å²) >= 11 is 1.46. The second-order valence-electron chi connectivity index (χ2n) is 7.19. The van der Waals surface area contributed by atoms with Crippen LogP contribution >= 0.6 is 11.3 Å². The number of aromatic nitrogens is 3. The highest BCUT2D eigenvalue weighted by Gasteiger charge is 2.24. The molecule has 29 heavy (non-hydrogen) atoms. The molecule has 3 aromatic heterocycles. The lowest BCUT2D eigenvalue weighted by molar-refractivity contribution is 0.0971. The van der Waals surface area contributed by atoms with Crippen molar-refractivity contribution in [1.82, 2.24) is 14.1 Å². The van der Waals surface area contributed by atoms with Crippen LogP contribution in [0.2, 0.25) is 0 Å². The molecule has 0 spiro atoms. The Bertz CT molecular complexity index is 1150. The first-order valence-electron chi connectivity index (χ1n) is 9.63. The third-order valence-corrected chi connectivity index (χ3v) is 5.85. The fourth-order valence-corrected chi connectivity index (χ4v) is 4.36. The van der Waals surface area contributed by atoms with E-state index in [1.165, 1.54) is 15.9 Å². The molecule has 3 aromatic rings. The number of hydrogen-bond donors (Lipinski definition) is 1. The Morgan fingerprint density at radius 2 is 2.28 bits per heavy atom. The standard InChI is InChI=1S/C21H23N5O2S/c1-2-3-9-26-19-17(23-21(26)25-8-4-5-16(22)12-25)6-10-24(20(19)28)13-18(27)15-7-11-29-14-15/h6-7,10-11,14,16H,4-5,8-9,12-13,22H2,1H3. The normalized spacial score (nSPS) is 16.6. The fraction of sp³-hybridized carbons (Fsp3) is 0.381. The van der Waals surface area contributed by atoms with E-state index in [2.05, 4.69) is 16.7 Å². The summed E-state index contributed by atoms with van der Waals surface area (Å²) in [5, 5.41) is 3.65. The van der Waals surface area contributed by atoms with Crippen LogP contribution in [-0.2, 0) is 13.1 Å². The van der Waals surface area contributed by atoms with E-state index >= 15 is 0 Å². The molecule has 0 aromatic carbocycles. The Hall–Kier alpha value is -2.89. The Balaban J connectivity index is 1.77. The summed E-state index contributed by atoms with van der Waals surface area (Å²) in [6.45, 7) is 3.69. The van der Waals surface area contributed by atoms with Crippen LogP contribution in [0.5, 0.6) is 0 Å². The number of nitrogens with zero attached hydrogens (tertiary/aromatic N) is 4. The molecule has 4 rings (SSSR count). The monoisotopic (exact) mass is 409 g/mol. The van der Waals surface area contributed by atoms with Crippen molar-refractivity contribution in [3.63, 3.8) is 0 Å². The third-order valence-electron chi connectivity index (χ3n) is 5.16. The molecule has 1 unspecified atom stereocenters. The minimum Gasteiger partial charge on any atom is -0.341 e. The number of hydrogen-bond acceptors (Lipinski definition) is 6. The van der Waals surface area contributed by atoms with Crippen molar-refractivity contribution in [3.8, 4) is 11.8 Å². The highest BCUT2D eigenvalue weighted by atomic mass is 32.1. The zero-order chi connectivity index (χ0) is 20.4. The van der Waals surface area contributed by atoms with Crippen LogP contribution < -0.4 is 16.2 Å². The summed E-state index contributed by atoms with van der Waals surface area (Å²) in [4.78, 5) is 32.6. The van der Waals surface area contributed by atoms with Crippen LogP contribution in [0.25, 0.3) is 11.0 Å². The molecular weight excluding hydrogens is 386 g/mol. The lowest BCUT2D eigenvalue weighted by Gasteiger charge is -2.31. The SMILES string of the molecule is CC#CCn1c(N2CCCC(N)C2)nc2ccn(CC(=O)c3ccsc3)c(=O)c21. The molecule has 0 bridgehead atoms. The predicted octanol–water partition coefficient (Wildman–Crippen LogP) is 2.09. The van der Waals surface area contributed by atoms with Crippen LogP contribution in [0.4, 0.5) is 5.95 Å². The molecule has 150 valence electrons. The van der Waals surface area contributed by atoms with E-state index in [0.717, 1.165) is 25.3 Å². The van der Waals surface area contributed by atoms with Gasteiger partial charge in [0.2, 0.25) is 5.95 Å². The first-order valence-corrected chi connectivity index (χ1v) is 10.6. The van der Waals surface area contributed by atoms with Crippen molar-refractivity contribution in [1.29, 1.82) is 0 Å². The summed E-state index contributed by atoms with van der Waals surface area (Å²) in [7, 11) is 0. The molecule has 4 heterocycles. The summed E-state index contributed by atoms with van der Waals surface area (Å²) in [6.07, 6.45) is 3.62. The average Bonchev–Trinajstić information content (AvgIpc) is 3.37. The maximum atomic E-state index is 13.2. The number of ketones is 1. The molecular formula is C21H23N5O2S. The summed E-state index contributed by atoms with van der Waals surface area (Å²) in [5.74, 6) is 6.57. The molecule has 7 nitrogen and oxygen atoms in total. The van der Waals surface area contributed by atoms with Crippen molar-refractivity contribution >= 4 is 34.1 Å². The Labute approximate surface area is 172 Å². The van der Waals surface area contributed by atoms with Crippen LogP contribution in [0.3, 0.4) is 0 Å². The van der Waals surface area contributed by atoms with E-state index in [1.54, 1.807) is 30.6 Å². The van der Waals surface area contributed by atoms with E-state index in [-0.39, 0.29) is 23.9 Å². The highest BCUT2D eigenvalue weighted by molar-refractivity contribution is 7.08.